The molecule has 1 aromatic carbocycles. The second-order valence-electron chi connectivity index (χ2n) is 5.42. The fourth-order valence-electron chi connectivity index (χ4n) is 2.31. The molecular weight excluding hydrogens is 346 g/mol. The molecule has 0 atom stereocenters. The smallest absolute Gasteiger partial charge is 0.274 e. The van der Waals surface area contributed by atoms with Crippen LogP contribution in [0.25, 0.3) is 11.5 Å². The summed E-state index contributed by atoms with van der Waals surface area (Å²) in [6.45, 7) is 0. The summed E-state index contributed by atoms with van der Waals surface area (Å²) in [7, 11) is 0. The highest BCUT2D eigenvalue weighted by molar-refractivity contribution is 6.02. The second kappa shape index (κ2) is 7.44. The number of hydrogen-bond acceptors (Lipinski definition) is 7. The number of oxazole rings is 1. The van der Waals surface area contributed by atoms with E-state index in [1.165, 1.54) is 18.9 Å². The highest BCUT2D eigenvalue weighted by atomic mass is 16.5. The number of hydrogen-bond donors (Lipinski definition) is 1. The molecule has 4 aromatic rings. The van der Waals surface area contributed by atoms with Crippen LogP contribution >= 0.6 is 0 Å². The van der Waals surface area contributed by atoms with E-state index in [1.807, 2.05) is 0 Å². The first-order valence-corrected chi connectivity index (χ1v) is 7.98. The summed E-state index contributed by atoms with van der Waals surface area (Å²) in [5.74, 6) is 1.47. The minimum Gasteiger partial charge on any atom is -0.457 e. The number of pyridine rings is 1. The van der Waals surface area contributed by atoms with Crippen LogP contribution < -0.4 is 10.1 Å². The van der Waals surface area contributed by atoms with Crippen molar-refractivity contribution in [3.8, 4) is 23.0 Å². The van der Waals surface area contributed by atoms with E-state index in [0.29, 0.717) is 34.3 Å². The fraction of sp³-hybridized carbons (Fsp3) is 0. The summed E-state index contributed by atoms with van der Waals surface area (Å²) in [5.41, 5.74) is 1.55. The van der Waals surface area contributed by atoms with Gasteiger partial charge in [-0.15, -0.1) is 0 Å². The van der Waals surface area contributed by atoms with Gasteiger partial charge >= 0.3 is 0 Å². The van der Waals surface area contributed by atoms with Crippen molar-refractivity contribution in [3.05, 3.63) is 79.5 Å². The molecular formula is C19H13N5O3. The van der Waals surface area contributed by atoms with Gasteiger partial charge in [0, 0.05) is 24.1 Å². The number of amides is 1. The topological polar surface area (TPSA) is 103 Å². The maximum Gasteiger partial charge on any atom is 0.274 e. The lowest BCUT2D eigenvalue weighted by Crippen LogP contribution is -2.13. The molecule has 1 N–H and O–H groups in total. The van der Waals surface area contributed by atoms with E-state index >= 15 is 0 Å². The summed E-state index contributed by atoms with van der Waals surface area (Å²) >= 11 is 0. The maximum absolute atomic E-state index is 12.1. The summed E-state index contributed by atoms with van der Waals surface area (Å²) in [6, 6.07) is 12.0. The third-order valence-electron chi connectivity index (χ3n) is 3.58. The number of benzene rings is 1. The molecule has 0 bridgehead atoms. The normalized spacial score (nSPS) is 10.4. The van der Waals surface area contributed by atoms with E-state index in [0.717, 1.165) is 0 Å². The van der Waals surface area contributed by atoms with Gasteiger partial charge in [0.25, 0.3) is 5.91 Å². The number of carbonyl (C=O) groups excluding carboxylic acids is 1. The van der Waals surface area contributed by atoms with Gasteiger partial charge in [-0.3, -0.25) is 9.78 Å². The molecule has 1 amide bonds. The number of nitrogens with one attached hydrogen (secondary N) is 1. The summed E-state index contributed by atoms with van der Waals surface area (Å²) in [6.07, 6.45) is 7.40. The van der Waals surface area contributed by atoms with E-state index < -0.39 is 0 Å². The van der Waals surface area contributed by atoms with Gasteiger partial charge in [0.2, 0.25) is 0 Å². The average Bonchev–Trinajstić information content (AvgIpc) is 3.25. The molecule has 0 spiro atoms. The molecule has 3 aromatic heterocycles. The van der Waals surface area contributed by atoms with Gasteiger partial charge in [0.15, 0.2) is 12.2 Å². The lowest BCUT2D eigenvalue weighted by Gasteiger charge is -2.08. The first-order chi connectivity index (χ1) is 13.3. The predicted molar refractivity (Wildman–Crippen MR) is 96.2 cm³/mol. The Morgan fingerprint density at radius 1 is 0.963 bits per heavy atom. The molecule has 132 valence electrons. The lowest BCUT2D eigenvalue weighted by molar-refractivity contribution is 0.102. The second-order valence-corrected chi connectivity index (χ2v) is 5.42. The van der Waals surface area contributed by atoms with Crippen LogP contribution in [0.3, 0.4) is 0 Å². The number of aromatic nitrogens is 4. The van der Waals surface area contributed by atoms with Crippen LogP contribution in [0.2, 0.25) is 0 Å². The highest BCUT2D eigenvalue weighted by Gasteiger charge is 2.08. The Balaban J connectivity index is 1.44. The van der Waals surface area contributed by atoms with Crippen molar-refractivity contribution in [1.29, 1.82) is 0 Å². The quantitative estimate of drug-likeness (QED) is 0.581. The molecule has 0 aliphatic rings. The Morgan fingerprint density at radius 3 is 2.59 bits per heavy atom. The average molecular weight is 359 g/mol. The minimum atomic E-state index is -0.308. The van der Waals surface area contributed by atoms with Crippen molar-refractivity contribution in [1.82, 2.24) is 19.9 Å². The van der Waals surface area contributed by atoms with Crippen molar-refractivity contribution in [2.24, 2.45) is 0 Å². The van der Waals surface area contributed by atoms with E-state index in [9.17, 15) is 4.79 Å². The Hall–Kier alpha value is -4.07. The van der Waals surface area contributed by atoms with E-state index in [1.54, 1.807) is 54.9 Å². The SMILES string of the molecule is O=C(Nc1ccc(Oc2ccnc(-c3cnco3)c2)cc1)c1ccncn1. The minimum absolute atomic E-state index is 0.294. The predicted octanol–water partition coefficient (Wildman–Crippen LogP) is 3.57. The van der Waals surface area contributed by atoms with Gasteiger partial charge in [-0.2, -0.15) is 0 Å². The zero-order valence-corrected chi connectivity index (χ0v) is 13.9. The van der Waals surface area contributed by atoms with Crippen LogP contribution in [-0.4, -0.2) is 25.8 Å². The van der Waals surface area contributed by atoms with Crippen LogP contribution in [-0.2, 0) is 0 Å². The summed E-state index contributed by atoms with van der Waals surface area (Å²) in [5, 5.41) is 2.76. The van der Waals surface area contributed by atoms with Gasteiger partial charge in [-0.05, 0) is 36.4 Å². The Bertz CT molecular complexity index is 1030. The molecule has 4 rings (SSSR count). The maximum atomic E-state index is 12.1. The van der Waals surface area contributed by atoms with Gasteiger partial charge in [0.05, 0.1) is 6.20 Å². The number of nitrogens with zero attached hydrogens (tertiary/aromatic N) is 4. The van der Waals surface area contributed by atoms with Crippen LogP contribution in [0.4, 0.5) is 5.69 Å². The Kier molecular flexibility index (Phi) is 4.52. The third-order valence-corrected chi connectivity index (χ3v) is 3.58. The van der Waals surface area contributed by atoms with Crippen LogP contribution in [0.5, 0.6) is 11.5 Å². The van der Waals surface area contributed by atoms with Crippen LogP contribution in [0.15, 0.2) is 78.2 Å². The number of carbonyl (C=O) groups is 1. The Morgan fingerprint density at radius 2 is 1.85 bits per heavy atom. The first-order valence-electron chi connectivity index (χ1n) is 7.98. The molecule has 8 heteroatoms. The largest absolute Gasteiger partial charge is 0.457 e. The fourth-order valence-corrected chi connectivity index (χ4v) is 2.31. The molecule has 3 heterocycles. The third kappa shape index (κ3) is 3.96. The molecule has 0 aliphatic heterocycles. The summed E-state index contributed by atoms with van der Waals surface area (Å²) in [4.78, 5) is 27.9. The van der Waals surface area contributed by atoms with E-state index in [-0.39, 0.29) is 5.91 Å². The van der Waals surface area contributed by atoms with Gasteiger partial charge in [-0.1, -0.05) is 0 Å². The molecule has 27 heavy (non-hydrogen) atoms. The molecule has 0 unspecified atom stereocenters. The van der Waals surface area contributed by atoms with Gasteiger partial charge in [0.1, 0.15) is 29.2 Å². The van der Waals surface area contributed by atoms with E-state index in [2.05, 4.69) is 25.3 Å². The monoisotopic (exact) mass is 359 g/mol. The van der Waals surface area contributed by atoms with Crippen molar-refractivity contribution in [2.75, 3.05) is 5.32 Å². The highest BCUT2D eigenvalue weighted by Crippen LogP contribution is 2.26. The summed E-state index contributed by atoms with van der Waals surface area (Å²) < 4.78 is 11.1. The van der Waals surface area contributed by atoms with Gasteiger partial charge < -0.3 is 14.5 Å². The zero-order chi connectivity index (χ0) is 18.5. The molecule has 0 radical (unpaired) electrons. The van der Waals surface area contributed by atoms with Crippen molar-refractivity contribution >= 4 is 11.6 Å². The number of ether oxygens (including phenoxy) is 1. The molecule has 8 nitrogen and oxygen atoms in total. The zero-order valence-electron chi connectivity index (χ0n) is 13.9. The Labute approximate surface area is 153 Å². The van der Waals surface area contributed by atoms with Gasteiger partial charge in [-0.25, -0.2) is 15.0 Å². The molecule has 0 saturated carbocycles. The number of anilines is 1. The van der Waals surface area contributed by atoms with Crippen molar-refractivity contribution in [2.45, 2.75) is 0 Å². The van der Waals surface area contributed by atoms with Crippen LogP contribution in [0, 0.1) is 0 Å². The van der Waals surface area contributed by atoms with E-state index in [4.69, 9.17) is 9.15 Å². The number of rotatable bonds is 5. The molecule has 0 saturated heterocycles. The molecule has 0 aliphatic carbocycles. The van der Waals surface area contributed by atoms with Crippen LogP contribution in [0.1, 0.15) is 10.5 Å². The first kappa shape index (κ1) is 16.4. The van der Waals surface area contributed by atoms with Crippen molar-refractivity contribution in [3.63, 3.8) is 0 Å². The molecule has 0 fully saturated rings. The van der Waals surface area contributed by atoms with Crippen molar-refractivity contribution < 1.29 is 13.9 Å². The standard InChI is InChI=1S/C19H13N5O3/c25-19(16-6-7-20-11-23-16)24-13-1-3-14(4-2-13)27-15-5-8-22-17(9-15)18-10-21-12-26-18/h1-12H,(H,24,25). The lowest BCUT2D eigenvalue weighted by atomic mass is 10.2.